The van der Waals surface area contributed by atoms with Crippen LogP contribution in [-0.2, 0) is 14.8 Å². The first-order chi connectivity index (χ1) is 11.7. The second kappa shape index (κ2) is 6.37. The average Bonchev–Trinajstić information content (AvgIpc) is 2.90. The predicted octanol–water partition coefficient (Wildman–Crippen LogP) is 3.33. The fourth-order valence-corrected chi connectivity index (χ4v) is 4.06. The summed E-state index contributed by atoms with van der Waals surface area (Å²) in [6.07, 6.45) is 0. The van der Waals surface area contributed by atoms with Gasteiger partial charge in [-0.25, -0.2) is 22.2 Å². The lowest BCUT2D eigenvalue weighted by molar-refractivity contribution is -0.114. The van der Waals surface area contributed by atoms with Gasteiger partial charge < -0.3 is 5.32 Å². The molecule has 25 heavy (non-hydrogen) atoms. The third kappa shape index (κ3) is 3.74. The summed E-state index contributed by atoms with van der Waals surface area (Å²) < 4.78 is 53.7. The largest absolute Gasteiger partial charge is 0.302 e. The second-order valence-electron chi connectivity index (χ2n) is 5.06. The van der Waals surface area contributed by atoms with Crippen LogP contribution >= 0.6 is 11.3 Å². The van der Waals surface area contributed by atoms with Gasteiger partial charge in [-0.3, -0.25) is 9.52 Å². The van der Waals surface area contributed by atoms with E-state index in [2.05, 4.69) is 15.0 Å². The van der Waals surface area contributed by atoms with Gasteiger partial charge in [0.2, 0.25) is 5.91 Å². The quantitative estimate of drug-likeness (QED) is 0.723. The summed E-state index contributed by atoms with van der Waals surface area (Å²) in [6.45, 7) is 1.35. The number of carbonyl (C=O) groups excluding carboxylic acids is 1. The van der Waals surface area contributed by atoms with Gasteiger partial charge in [-0.05, 0) is 36.4 Å². The molecule has 0 fully saturated rings. The van der Waals surface area contributed by atoms with Crippen LogP contribution in [0.25, 0.3) is 10.2 Å². The van der Waals surface area contributed by atoms with Gasteiger partial charge in [0.15, 0.2) is 16.8 Å². The summed E-state index contributed by atoms with van der Waals surface area (Å²) in [4.78, 5) is 14.9. The minimum atomic E-state index is -4.08. The van der Waals surface area contributed by atoms with E-state index in [9.17, 15) is 22.0 Å². The summed E-state index contributed by atoms with van der Waals surface area (Å²) in [5, 5.41) is 2.94. The molecule has 130 valence electrons. The van der Waals surface area contributed by atoms with Crippen molar-refractivity contribution in [2.75, 3.05) is 10.0 Å². The maximum Gasteiger partial charge on any atom is 0.261 e. The van der Waals surface area contributed by atoms with Crippen LogP contribution in [0.5, 0.6) is 0 Å². The number of thiazole rings is 1. The standard InChI is InChI=1S/C15H11F2N3O3S2/c1-8(21)18-15-19-13-5-2-9(6-14(13)24-15)20-25(22,23)10-3-4-11(16)12(17)7-10/h2-7,20H,1H3,(H,18,19,21). The molecule has 0 aliphatic heterocycles. The van der Waals surface area contributed by atoms with Gasteiger partial charge in [-0.15, -0.1) is 0 Å². The molecule has 2 N–H and O–H groups in total. The maximum absolute atomic E-state index is 13.3. The SMILES string of the molecule is CC(=O)Nc1nc2ccc(NS(=O)(=O)c3ccc(F)c(F)c3)cc2s1. The number of rotatable bonds is 4. The van der Waals surface area contributed by atoms with Crippen LogP contribution in [0.15, 0.2) is 41.3 Å². The fraction of sp³-hybridized carbons (Fsp3) is 0.0667. The van der Waals surface area contributed by atoms with E-state index < -0.39 is 26.6 Å². The Labute approximate surface area is 145 Å². The molecule has 0 unspecified atom stereocenters. The summed E-state index contributed by atoms with van der Waals surface area (Å²) in [6, 6.07) is 6.93. The Balaban J connectivity index is 1.90. The molecule has 6 nitrogen and oxygen atoms in total. The van der Waals surface area contributed by atoms with Crippen molar-refractivity contribution in [3.05, 3.63) is 48.0 Å². The number of anilines is 2. The molecular weight excluding hydrogens is 372 g/mol. The van der Waals surface area contributed by atoms with Crippen LogP contribution in [0.4, 0.5) is 19.6 Å². The van der Waals surface area contributed by atoms with Crippen molar-refractivity contribution in [3.8, 4) is 0 Å². The van der Waals surface area contributed by atoms with Crippen molar-refractivity contribution in [2.24, 2.45) is 0 Å². The highest BCUT2D eigenvalue weighted by atomic mass is 32.2. The summed E-state index contributed by atoms with van der Waals surface area (Å²) >= 11 is 1.18. The molecular formula is C15H11F2N3O3S2. The number of benzene rings is 2. The highest BCUT2D eigenvalue weighted by Crippen LogP contribution is 2.29. The Morgan fingerprint density at radius 1 is 1.12 bits per heavy atom. The number of amides is 1. The Kier molecular flexibility index (Phi) is 4.39. The van der Waals surface area contributed by atoms with E-state index in [1.165, 1.54) is 30.4 Å². The molecule has 3 aromatic rings. The third-order valence-electron chi connectivity index (χ3n) is 3.12. The maximum atomic E-state index is 13.3. The third-order valence-corrected chi connectivity index (χ3v) is 5.44. The number of nitrogens with one attached hydrogen (secondary N) is 2. The van der Waals surface area contributed by atoms with Crippen molar-refractivity contribution in [1.82, 2.24) is 4.98 Å². The average molecular weight is 383 g/mol. The molecule has 1 amide bonds. The Morgan fingerprint density at radius 3 is 2.56 bits per heavy atom. The zero-order chi connectivity index (χ0) is 18.2. The highest BCUT2D eigenvalue weighted by Gasteiger charge is 2.17. The molecule has 0 aliphatic carbocycles. The molecule has 0 bridgehead atoms. The second-order valence-corrected chi connectivity index (χ2v) is 7.78. The minimum absolute atomic E-state index is 0.232. The lowest BCUT2D eigenvalue weighted by atomic mass is 10.3. The predicted molar refractivity (Wildman–Crippen MR) is 91.1 cm³/mol. The van der Waals surface area contributed by atoms with Crippen LogP contribution < -0.4 is 10.0 Å². The number of fused-ring (bicyclic) bond motifs is 1. The van der Waals surface area contributed by atoms with E-state index in [-0.39, 0.29) is 11.6 Å². The molecule has 1 aromatic heterocycles. The van der Waals surface area contributed by atoms with Crippen LogP contribution in [0.1, 0.15) is 6.92 Å². The monoisotopic (exact) mass is 383 g/mol. The van der Waals surface area contributed by atoms with Gasteiger partial charge in [0.25, 0.3) is 10.0 Å². The highest BCUT2D eigenvalue weighted by molar-refractivity contribution is 7.92. The first-order valence-electron chi connectivity index (χ1n) is 6.91. The van der Waals surface area contributed by atoms with Gasteiger partial charge in [-0.1, -0.05) is 11.3 Å². The number of hydrogen-bond donors (Lipinski definition) is 2. The summed E-state index contributed by atoms with van der Waals surface area (Å²) in [5.74, 6) is -2.64. The van der Waals surface area contributed by atoms with E-state index in [0.717, 1.165) is 12.1 Å². The van der Waals surface area contributed by atoms with Crippen LogP contribution in [0, 0.1) is 11.6 Å². The van der Waals surface area contributed by atoms with E-state index in [1.807, 2.05) is 0 Å². The molecule has 2 aromatic carbocycles. The number of carbonyl (C=O) groups is 1. The number of halogens is 2. The van der Waals surface area contributed by atoms with E-state index in [0.29, 0.717) is 21.4 Å². The lowest BCUT2D eigenvalue weighted by Gasteiger charge is -2.08. The van der Waals surface area contributed by atoms with Crippen LogP contribution in [0.3, 0.4) is 0 Å². The van der Waals surface area contributed by atoms with Gasteiger partial charge in [-0.2, -0.15) is 0 Å². The van der Waals surface area contributed by atoms with Gasteiger partial charge in [0, 0.05) is 6.92 Å². The Hall–Kier alpha value is -2.59. The normalized spacial score (nSPS) is 11.5. The van der Waals surface area contributed by atoms with Crippen molar-refractivity contribution in [1.29, 1.82) is 0 Å². The van der Waals surface area contributed by atoms with Crippen LogP contribution in [0.2, 0.25) is 0 Å². The molecule has 1 heterocycles. The van der Waals surface area contributed by atoms with Crippen molar-refractivity contribution >= 4 is 48.3 Å². The zero-order valence-electron chi connectivity index (χ0n) is 12.7. The van der Waals surface area contributed by atoms with Gasteiger partial charge in [0.05, 0.1) is 20.8 Å². The Morgan fingerprint density at radius 2 is 1.88 bits per heavy atom. The molecule has 0 atom stereocenters. The summed E-state index contributed by atoms with van der Waals surface area (Å²) in [7, 11) is -4.08. The molecule has 0 radical (unpaired) electrons. The Bertz CT molecular complexity index is 1080. The molecule has 0 aliphatic rings. The smallest absolute Gasteiger partial charge is 0.261 e. The van der Waals surface area contributed by atoms with Crippen molar-refractivity contribution in [3.63, 3.8) is 0 Å². The first-order valence-corrected chi connectivity index (χ1v) is 9.20. The number of sulfonamides is 1. The molecule has 3 rings (SSSR count). The summed E-state index contributed by atoms with van der Waals surface area (Å²) in [5.41, 5.74) is 0.819. The van der Waals surface area contributed by atoms with Crippen molar-refractivity contribution < 1.29 is 22.0 Å². The van der Waals surface area contributed by atoms with Gasteiger partial charge in [0.1, 0.15) is 0 Å². The van der Waals surface area contributed by atoms with E-state index in [1.54, 1.807) is 6.07 Å². The fourth-order valence-electron chi connectivity index (χ4n) is 2.05. The van der Waals surface area contributed by atoms with E-state index in [4.69, 9.17) is 0 Å². The van der Waals surface area contributed by atoms with E-state index >= 15 is 0 Å². The zero-order valence-corrected chi connectivity index (χ0v) is 14.3. The lowest BCUT2D eigenvalue weighted by Crippen LogP contribution is -2.13. The number of aromatic nitrogens is 1. The number of nitrogens with zero attached hydrogens (tertiary/aromatic N) is 1. The first kappa shape index (κ1) is 17.2. The molecule has 10 heteroatoms. The van der Waals surface area contributed by atoms with Gasteiger partial charge >= 0.3 is 0 Å². The molecule has 0 saturated carbocycles. The number of hydrogen-bond acceptors (Lipinski definition) is 5. The van der Waals surface area contributed by atoms with Crippen molar-refractivity contribution in [2.45, 2.75) is 11.8 Å². The van der Waals surface area contributed by atoms with Crippen LogP contribution in [-0.4, -0.2) is 19.3 Å². The molecule has 0 spiro atoms. The minimum Gasteiger partial charge on any atom is -0.302 e. The topological polar surface area (TPSA) is 88.2 Å². The molecule has 0 saturated heterocycles.